The van der Waals surface area contributed by atoms with Gasteiger partial charge in [0.05, 0.1) is 0 Å². The number of carbonyl (C=O) groups is 1. The fourth-order valence-corrected chi connectivity index (χ4v) is 17.7. The van der Waals surface area contributed by atoms with Crippen molar-refractivity contribution in [3.05, 3.63) is 182 Å². The number of hydrogen-bond acceptors (Lipinski definition) is 3. The maximum atomic E-state index is 15.3. The van der Waals surface area contributed by atoms with Crippen LogP contribution in [-0.2, 0) is 9.05 Å². The molecule has 0 spiro atoms. The monoisotopic (exact) mass is 642 g/mol. The van der Waals surface area contributed by atoms with E-state index in [1.807, 2.05) is 109 Å². The SMILES string of the molecule is CCP(OC(=O)OP(CC)(c1ccccc1)(c1ccccc1)c1ccccc1)(c1ccccc1)(c1ccccc1)c1ccccc1. The van der Waals surface area contributed by atoms with Gasteiger partial charge in [-0.25, -0.2) is 0 Å². The van der Waals surface area contributed by atoms with Crippen LogP contribution in [0.15, 0.2) is 182 Å². The second kappa shape index (κ2) is 12.7. The third-order valence-electron chi connectivity index (χ3n) is 9.57. The molecule has 6 aromatic carbocycles. The van der Waals surface area contributed by atoms with Gasteiger partial charge >= 0.3 is 274 Å². The minimum atomic E-state index is -3.94. The van der Waals surface area contributed by atoms with Gasteiger partial charge in [0.1, 0.15) is 0 Å². The fraction of sp³-hybridized carbons (Fsp3) is 0.0976. The summed E-state index contributed by atoms with van der Waals surface area (Å²) in [6.07, 6.45) is 0.443. The van der Waals surface area contributed by atoms with Crippen LogP contribution < -0.4 is 31.8 Å². The normalized spacial score (nSPS) is 13.3. The van der Waals surface area contributed by atoms with Crippen LogP contribution in [0.4, 0.5) is 4.79 Å². The molecule has 6 aromatic rings. The standard InChI is InChI=1S/C41H40O3P2/c1-3-45(35-23-11-5-12-24-35,36-25-13-6-14-26-36,37-27-15-7-16-28-37)43-41(42)44-46(4-2,38-29-17-8-18-30-38,39-31-19-9-20-32-39)40-33-21-10-22-34-40/h5-34H,3-4H2,1-2H3. The van der Waals surface area contributed by atoms with E-state index in [-0.39, 0.29) is 0 Å². The van der Waals surface area contributed by atoms with Crippen molar-refractivity contribution in [2.24, 2.45) is 0 Å². The summed E-state index contributed by atoms with van der Waals surface area (Å²) in [5, 5.41) is 5.84. The van der Waals surface area contributed by atoms with E-state index in [1.165, 1.54) is 0 Å². The van der Waals surface area contributed by atoms with Gasteiger partial charge in [0.25, 0.3) is 0 Å². The molecule has 0 saturated carbocycles. The van der Waals surface area contributed by atoms with E-state index >= 15 is 4.79 Å². The number of carbonyl (C=O) groups excluding carboxylic acids is 1. The van der Waals surface area contributed by atoms with Crippen molar-refractivity contribution in [3.8, 4) is 0 Å². The van der Waals surface area contributed by atoms with Crippen molar-refractivity contribution in [1.29, 1.82) is 0 Å². The first-order valence-electron chi connectivity index (χ1n) is 15.8. The van der Waals surface area contributed by atoms with Crippen LogP contribution in [0, 0.1) is 0 Å². The van der Waals surface area contributed by atoms with Crippen molar-refractivity contribution in [2.75, 3.05) is 12.3 Å². The van der Waals surface area contributed by atoms with Gasteiger partial charge in [-0.05, 0) is 0 Å². The van der Waals surface area contributed by atoms with Gasteiger partial charge in [0, 0.05) is 0 Å². The summed E-state index contributed by atoms with van der Waals surface area (Å²) in [6.45, 7) is -3.63. The van der Waals surface area contributed by atoms with Gasteiger partial charge in [-0.1, -0.05) is 0 Å². The van der Waals surface area contributed by atoms with E-state index in [0.717, 1.165) is 31.8 Å². The summed E-state index contributed by atoms with van der Waals surface area (Å²) < 4.78 is 14.6. The molecule has 0 heterocycles. The molecule has 0 radical (unpaired) electrons. The first-order valence-corrected chi connectivity index (χ1v) is 20.5. The Balaban J connectivity index is 1.67. The van der Waals surface area contributed by atoms with Crippen molar-refractivity contribution < 1.29 is 13.8 Å². The van der Waals surface area contributed by atoms with Gasteiger partial charge in [-0.3, -0.25) is 0 Å². The zero-order valence-corrected chi connectivity index (χ0v) is 28.1. The van der Waals surface area contributed by atoms with Crippen LogP contribution in [0.2, 0.25) is 0 Å². The predicted octanol–water partition coefficient (Wildman–Crippen LogP) is 8.07. The van der Waals surface area contributed by atoms with Crippen LogP contribution in [0.25, 0.3) is 0 Å². The Hall–Kier alpha value is -4.55. The van der Waals surface area contributed by atoms with Crippen molar-refractivity contribution in [1.82, 2.24) is 0 Å². The Kier molecular flexibility index (Phi) is 8.67. The van der Waals surface area contributed by atoms with Gasteiger partial charge < -0.3 is 0 Å². The fourth-order valence-electron chi connectivity index (χ4n) is 7.24. The Bertz CT molecular complexity index is 1540. The topological polar surface area (TPSA) is 35.5 Å². The molecule has 232 valence electrons. The molecule has 6 rings (SSSR count). The number of hydrogen-bond donors (Lipinski definition) is 0. The zero-order chi connectivity index (χ0) is 32.0. The molecule has 3 nitrogen and oxygen atoms in total. The second-order valence-corrected chi connectivity index (χ2v) is 21.1. The molecule has 0 unspecified atom stereocenters. The zero-order valence-electron chi connectivity index (χ0n) is 26.4. The molecule has 0 fully saturated rings. The minimum absolute atomic E-state index is 0.558. The number of benzene rings is 6. The molecule has 0 aliphatic rings. The van der Waals surface area contributed by atoms with Crippen LogP contribution in [0.5, 0.6) is 0 Å². The summed E-state index contributed by atoms with van der Waals surface area (Å²) in [6, 6.07) is 61.5. The van der Waals surface area contributed by atoms with Crippen LogP contribution in [-0.4, -0.2) is 18.5 Å². The second-order valence-electron chi connectivity index (χ2n) is 11.5. The molecular formula is C41H40O3P2. The molecule has 0 saturated heterocycles. The molecule has 46 heavy (non-hydrogen) atoms. The Morgan fingerprint density at radius 3 is 0.696 bits per heavy atom. The molecule has 0 N–H and O–H groups in total. The van der Waals surface area contributed by atoms with Gasteiger partial charge in [0.2, 0.25) is 0 Å². The molecule has 0 aromatic heterocycles. The Morgan fingerprint density at radius 1 is 0.370 bits per heavy atom. The van der Waals surface area contributed by atoms with E-state index in [4.69, 9.17) is 9.05 Å². The first-order chi connectivity index (χ1) is 22.5. The third kappa shape index (κ3) is 4.70. The van der Waals surface area contributed by atoms with Gasteiger partial charge in [0.15, 0.2) is 0 Å². The summed E-state index contributed by atoms with van der Waals surface area (Å²) in [5.41, 5.74) is 0. The molecule has 0 amide bonds. The first kappa shape index (κ1) is 31.4. The molecule has 5 heteroatoms. The van der Waals surface area contributed by atoms with E-state index in [1.54, 1.807) is 0 Å². The Morgan fingerprint density at radius 2 is 0.543 bits per heavy atom. The van der Waals surface area contributed by atoms with Gasteiger partial charge in [-0.2, -0.15) is 0 Å². The molecule has 0 bridgehead atoms. The van der Waals surface area contributed by atoms with E-state index in [2.05, 4.69) is 86.6 Å². The number of rotatable bonds is 10. The van der Waals surface area contributed by atoms with Gasteiger partial charge in [-0.15, -0.1) is 0 Å². The van der Waals surface area contributed by atoms with Crippen LogP contribution in [0.3, 0.4) is 0 Å². The van der Waals surface area contributed by atoms with Crippen LogP contribution >= 0.6 is 13.7 Å². The van der Waals surface area contributed by atoms with Crippen LogP contribution in [0.1, 0.15) is 13.8 Å². The Labute approximate surface area is 272 Å². The summed E-state index contributed by atoms with van der Waals surface area (Å²) >= 11 is 0. The molecule has 0 aliphatic heterocycles. The third-order valence-corrected chi connectivity index (χ3v) is 21.4. The van der Waals surface area contributed by atoms with E-state index < -0.39 is 19.8 Å². The summed E-state index contributed by atoms with van der Waals surface area (Å²) in [5.74, 6) is 0. The quantitative estimate of drug-likeness (QED) is 0.142. The molecule has 0 atom stereocenters. The van der Waals surface area contributed by atoms with Crippen molar-refractivity contribution in [3.63, 3.8) is 0 Å². The summed E-state index contributed by atoms with van der Waals surface area (Å²) in [7, 11) is 0. The van der Waals surface area contributed by atoms with Crippen molar-refractivity contribution in [2.45, 2.75) is 13.8 Å². The maximum absolute atomic E-state index is 15.3. The van der Waals surface area contributed by atoms with E-state index in [9.17, 15) is 0 Å². The average Bonchev–Trinajstić information content (AvgIpc) is 3.15. The predicted molar refractivity (Wildman–Crippen MR) is 199 cm³/mol. The van der Waals surface area contributed by atoms with E-state index in [0.29, 0.717) is 12.3 Å². The molecular weight excluding hydrogens is 602 g/mol. The summed E-state index contributed by atoms with van der Waals surface area (Å²) in [4.78, 5) is 15.3. The molecule has 0 aliphatic carbocycles. The van der Waals surface area contributed by atoms with Crippen molar-refractivity contribution >= 4 is 51.6 Å². The average molecular weight is 643 g/mol.